The van der Waals surface area contributed by atoms with E-state index in [2.05, 4.69) is 14.8 Å². The van der Waals surface area contributed by atoms with Gasteiger partial charge >= 0.3 is 6.01 Å². The average Bonchev–Trinajstić information content (AvgIpc) is 3.45. The summed E-state index contributed by atoms with van der Waals surface area (Å²) in [6.07, 6.45) is 11.1. The molecule has 0 amide bonds. The van der Waals surface area contributed by atoms with Crippen LogP contribution in [0.4, 0.5) is 5.82 Å². The van der Waals surface area contributed by atoms with Gasteiger partial charge in [-0.15, -0.1) is 0 Å². The SMILES string of the molecule is COc1cc(C)c(S(=O)(=O)N2CCC[C@H]2COc2nccc(N3CCC(CCN4CCCCC4)CC3)n2)c(C)c1. The van der Waals surface area contributed by atoms with Crippen LogP contribution < -0.4 is 14.4 Å². The molecule has 1 aromatic carbocycles. The number of aryl methyl sites for hydroxylation is 2. The normalized spacial score (nSPS) is 21.6. The van der Waals surface area contributed by atoms with E-state index in [1.165, 1.54) is 58.2 Å². The van der Waals surface area contributed by atoms with Gasteiger partial charge in [-0.2, -0.15) is 9.29 Å². The molecule has 2 aromatic rings. The number of benzene rings is 1. The van der Waals surface area contributed by atoms with E-state index >= 15 is 0 Å². The van der Waals surface area contributed by atoms with Crippen molar-refractivity contribution in [2.45, 2.75) is 76.2 Å². The maximum Gasteiger partial charge on any atom is 0.318 e. The van der Waals surface area contributed by atoms with Gasteiger partial charge in [0, 0.05) is 25.8 Å². The van der Waals surface area contributed by atoms with Gasteiger partial charge in [0.05, 0.1) is 18.0 Å². The molecule has 0 unspecified atom stereocenters. The lowest BCUT2D eigenvalue weighted by Crippen LogP contribution is -2.39. The van der Waals surface area contributed by atoms with Crippen LogP contribution in [0.25, 0.3) is 0 Å². The summed E-state index contributed by atoms with van der Waals surface area (Å²) in [5, 5.41) is 0. The summed E-state index contributed by atoms with van der Waals surface area (Å²) in [6.45, 7) is 10.1. The highest BCUT2D eigenvalue weighted by molar-refractivity contribution is 7.89. The molecular weight excluding hydrogens is 526 g/mol. The Labute approximate surface area is 239 Å². The Balaban J connectivity index is 1.16. The van der Waals surface area contributed by atoms with Gasteiger partial charge in [-0.05, 0) is 114 Å². The minimum atomic E-state index is -3.68. The van der Waals surface area contributed by atoms with Crippen molar-refractivity contribution >= 4 is 15.8 Å². The number of sulfonamides is 1. The molecule has 0 radical (unpaired) electrons. The van der Waals surface area contributed by atoms with E-state index in [0.717, 1.165) is 37.7 Å². The third-order valence-electron chi connectivity index (χ3n) is 8.82. The zero-order valence-electron chi connectivity index (χ0n) is 24.3. The number of aromatic nitrogens is 2. The predicted molar refractivity (Wildman–Crippen MR) is 157 cm³/mol. The Morgan fingerprint density at radius 1 is 0.950 bits per heavy atom. The van der Waals surface area contributed by atoms with Crippen LogP contribution >= 0.6 is 0 Å². The maximum atomic E-state index is 13.7. The fourth-order valence-electron chi connectivity index (χ4n) is 6.59. The summed E-state index contributed by atoms with van der Waals surface area (Å²) < 4.78 is 40.4. The lowest BCUT2D eigenvalue weighted by Gasteiger charge is -2.34. The topological polar surface area (TPSA) is 88.1 Å². The number of hydrogen-bond donors (Lipinski definition) is 0. The summed E-state index contributed by atoms with van der Waals surface area (Å²) in [6, 6.07) is 5.55. The lowest BCUT2D eigenvalue weighted by molar-refractivity contribution is 0.205. The molecule has 0 saturated carbocycles. The largest absolute Gasteiger partial charge is 0.497 e. The van der Waals surface area contributed by atoms with Crippen LogP contribution in [0.1, 0.15) is 62.5 Å². The maximum absolute atomic E-state index is 13.7. The van der Waals surface area contributed by atoms with Crippen molar-refractivity contribution in [3.8, 4) is 11.8 Å². The van der Waals surface area contributed by atoms with Crippen LogP contribution in [0, 0.1) is 19.8 Å². The number of rotatable bonds is 10. The highest BCUT2D eigenvalue weighted by Gasteiger charge is 2.37. The van der Waals surface area contributed by atoms with Crippen LogP contribution in [0.15, 0.2) is 29.3 Å². The molecule has 3 aliphatic heterocycles. The highest BCUT2D eigenvalue weighted by Crippen LogP contribution is 2.33. The third-order valence-corrected chi connectivity index (χ3v) is 11.1. The molecule has 0 bridgehead atoms. The Morgan fingerprint density at radius 2 is 1.68 bits per heavy atom. The third kappa shape index (κ3) is 6.71. The van der Waals surface area contributed by atoms with Gasteiger partial charge in [0.15, 0.2) is 0 Å². The van der Waals surface area contributed by atoms with Gasteiger partial charge in [-0.1, -0.05) is 6.42 Å². The van der Waals surface area contributed by atoms with Crippen LogP contribution in [-0.4, -0.2) is 86.6 Å². The van der Waals surface area contributed by atoms with Crippen molar-refractivity contribution in [3.63, 3.8) is 0 Å². The molecule has 10 heteroatoms. The number of likely N-dealkylation sites (tertiary alicyclic amines) is 1. The second-order valence-corrected chi connectivity index (χ2v) is 13.5. The van der Waals surface area contributed by atoms with Crippen molar-refractivity contribution < 1.29 is 17.9 Å². The van der Waals surface area contributed by atoms with E-state index in [-0.39, 0.29) is 12.6 Å². The molecule has 9 nitrogen and oxygen atoms in total. The number of ether oxygens (including phenoxy) is 2. The van der Waals surface area contributed by atoms with Crippen molar-refractivity contribution in [2.24, 2.45) is 5.92 Å². The molecule has 1 atom stereocenters. The molecule has 0 aliphatic carbocycles. The van der Waals surface area contributed by atoms with E-state index in [0.29, 0.717) is 34.3 Å². The van der Waals surface area contributed by atoms with E-state index < -0.39 is 10.0 Å². The Bertz CT molecular complexity index is 1220. The quantitative estimate of drug-likeness (QED) is 0.414. The first-order chi connectivity index (χ1) is 19.3. The molecule has 3 fully saturated rings. The monoisotopic (exact) mass is 571 g/mol. The van der Waals surface area contributed by atoms with Gasteiger partial charge in [0.2, 0.25) is 10.0 Å². The minimum absolute atomic E-state index is 0.232. The molecule has 0 spiro atoms. The second kappa shape index (κ2) is 13.0. The van der Waals surface area contributed by atoms with Crippen LogP contribution in [-0.2, 0) is 10.0 Å². The Hall–Kier alpha value is -2.43. The summed E-state index contributed by atoms with van der Waals surface area (Å²) in [4.78, 5) is 14.4. The van der Waals surface area contributed by atoms with E-state index in [9.17, 15) is 8.42 Å². The van der Waals surface area contributed by atoms with Gasteiger partial charge in [0.25, 0.3) is 0 Å². The number of methoxy groups -OCH3 is 1. The molecule has 3 aliphatic rings. The standard InChI is InChI=1S/C30H45N5O4S/c1-23-20-27(38-3)21-24(2)29(23)40(36,37)35-16-7-8-26(35)22-39-30-31-13-9-28(32-30)34-18-11-25(12-19-34)10-17-33-14-5-4-6-15-33/h9,13,20-21,25-26H,4-8,10-12,14-19,22H2,1-3H3/t26-/m0/s1. The molecule has 40 heavy (non-hydrogen) atoms. The summed E-state index contributed by atoms with van der Waals surface area (Å²) in [7, 11) is -2.09. The van der Waals surface area contributed by atoms with Crippen LogP contribution in [0.3, 0.4) is 0 Å². The summed E-state index contributed by atoms with van der Waals surface area (Å²) in [5.74, 6) is 2.33. The molecule has 4 heterocycles. The van der Waals surface area contributed by atoms with E-state index in [1.54, 1.807) is 29.7 Å². The molecule has 0 N–H and O–H groups in total. The predicted octanol–water partition coefficient (Wildman–Crippen LogP) is 4.43. The highest BCUT2D eigenvalue weighted by atomic mass is 32.2. The van der Waals surface area contributed by atoms with E-state index in [1.807, 2.05) is 19.9 Å². The van der Waals surface area contributed by atoms with Crippen molar-refractivity contribution in [2.75, 3.05) is 57.9 Å². The van der Waals surface area contributed by atoms with Gasteiger partial charge in [-0.25, -0.2) is 13.4 Å². The van der Waals surface area contributed by atoms with Crippen LogP contribution in [0.2, 0.25) is 0 Å². The fourth-order valence-corrected chi connectivity index (χ4v) is 8.69. The van der Waals surface area contributed by atoms with Crippen molar-refractivity contribution in [1.29, 1.82) is 0 Å². The van der Waals surface area contributed by atoms with Gasteiger partial charge in [0.1, 0.15) is 18.2 Å². The van der Waals surface area contributed by atoms with E-state index in [4.69, 9.17) is 14.5 Å². The fraction of sp³-hybridized carbons (Fsp3) is 0.667. The number of piperidine rings is 2. The zero-order valence-corrected chi connectivity index (χ0v) is 25.2. The number of nitrogens with zero attached hydrogens (tertiary/aromatic N) is 5. The average molecular weight is 572 g/mol. The lowest BCUT2D eigenvalue weighted by atomic mass is 9.93. The number of anilines is 1. The Kier molecular flexibility index (Phi) is 9.48. The molecule has 5 rings (SSSR count). The Morgan fingerprint density at radius 3 is 2.38 bits per heavy atom. The van der Waals surface area contributed by atoms with Gasteiger partial charge < -0.3 is 19.3 Å². The van der Waals surface area contributed by atoms with Crippen molar-refractivity contribution in [1.82, 2.24) is 19.2 Å². The minimum Gasteiger partial charge on any atom is -0.497 e. The molecule has 1 aromatic heterocycles. The van der Waals surface area contributed by atoms with Crippen molar-refractivity contribution in [3.05, 3.63) is 35.5 Å². The second-order valence-electron chi connectivity index (χ2n) is 11.6. The van der Waals surface area contributed by atoms with Gasteiger partial charge in [-0.3, -0.25) is 0 Å². The first kappa shape index (κ1) is 29.1. The summed E-state index contributed by atoms with van der Waals surface area (Å²) in [5.41, 5.74) is 1.38. The number of hydrogen-bond acceptors (Lipinski definition) is 8. The smallest absolute Gasteiger partial charge is 0.318 e. The first-order valence-electron chi connectivity index (χ1n) is 15.0. The first-order valence-corrected chi connectivity index (χ1v) is 16.4. The van der Waals surface area contributed by atoms with Crippen LogP contribution in [0.5, 0.6) is 11.8 Å². The zero-order chi connectivity index (χ0) is 28.1. The summed E-state index contributed by atoms with van der Waals surface area (Å²) >= 11 is 0. The molecular formula is C30H45N5O4S. The molecule has 220 valence electrons. The molecule has 3 saturated heterocycles.